The number of ether oxygens (including phenoxy) is 2. The number of likely N-dealkylation sites (tertiary alicyclic amines) is 1. The molecule has 0 spiro atoms. The Labute approximate surface area is 155 Å². The topological polar surface area (TPSA) is 38.8 Å². The van der Waals surface area contributed by atoms with Gasteiger partial charge in [0.15, 0.2) is 12.2 Å². The first-order valence-corrected chi connectivity index (χ1v) is 9.17. The maximum absolute atomic E-state index is 12.7. The van der Waals surface area contributed by atoms with Crippen molar-refractivity contribution in [2.24, 2.45) is 5.92 Å². The van der Waals surface area contributed by atoms with Crippen molar-refractivity contribution in [1.82, 2.24) is 4.90 Å². The zero-order chi connectivity index (χ0) is 18.6. The highest BCUT2D eigenvalue weighted by Crippen LogP contribution is 2.42. The summed E-state index contributed by atoms with van der Waals surface area (Å²) in [6.45, 7) is 5.23. The molecule has 2 aromatic rings. The van der Waals surface area contributed by atoms with Crippen molar-refractivity contribution in [3.8, 4) is 5.75 Å². The molecule has 0 saturated carbocycles. The van der Waals surface area contributed by atoms with Crippen LogP contribution in [-0.2, 0) is 15.1 Å². The number of carbonyl (C=O) groups is 1. The Morgan fingerprint density at radius 1 is 1.08 bits per heavy atom. The van der Waals surface area contributed by atoms with E-state index in [-0.39, 0.29) is 18.6 Å². The maximum atomic E-state index is 12.7. The molecule has 1 fully saturated rings. The number of likely N-dealkylation sites (N-methyl/N-ethyl adjacent to an activating group) is 1. The predicted molar refractivity (Wildman–Crippen MR) is 102 cm³/mol. The van der Waals surface area contributed by atoms with Gasteiger partial charge in [0.05, 0.1) is 6.04 Å². The van der Waals surface area contributed by atoms with Crippen molar-refractivity contribution in [3.63, 3.8) is 0 Å². The van der Waals surface area contributed by atoms with Crippen molar-refractivity contribution in [2.75, 3.05) is 20.2 Å². The molecule has 0 radical (unpaired) electrons. The molecule has 0 aromatic heterocycles. The van der Waals surface area contributed by atoms with Crippen LogP contribution in [0.3, 0.4) is 0 Å². The van der Waals surface area contributed by atoms with Crippen LogP contribution >= 0.6 is 0 Å². The first-order valence-electron chi connectivity index (χ1n) is 9.17. The number of hydrogen-bond donors (Lipinski definition) is 0. The van der Waals surface area contributed by atoms with Crippen LogP contribution in [0.1, 0.15) is 25.8 Å². The van der Waals surface area contributed by atoms with E-state index in [2.05, 4.69) is 25.8 Å². The molecule has 0 aliphatic carbocycles. The SMILES string of the molecule is CC1CN(C)C(C)C(OC(=O)COc2ccccc2)(c2ccccc2)C1. The van der Waals surface area contributed by atoms with Gasteiger partial charge in [0, 0.05) is 6.54 Å². The van der Waals surface area contributed by atoms with E-state index in [4.69, 9.17) is 9.47 Å². The summed E-state index contributed by atoms with van der Waals surface area (Å²) in [4.78, 5) is 14.9. The molecule has 1 aliphatic heterocycles. The minimum absolute atomic E-state index is 0.0850. The maximum Gasteiger partial charge on any atom is 0.345 e. The molecule has 138 valence electrons. The first kappa shape index (κ1) is 18.5. The third-order valence-electron chi connectivity index (χ3n) is 5.25. The lowest BCUT2D eigenvalue weighted by Gasteiger charge is -2.49. The number of hydrogen-bond acceptors (Lipinski definition) is 4. The van der Waals surface area contributed by atoms with Crippen LogP contribution in [0.4, 0.5) is 0 Å². The van der Waals surface area contributed by atoms with E-state index < -0.39 is 5.60 Å². The van der Waals surface area contributed by atoms with Crippen molar-refractivity contribution in [1.29, 1.82) is 0 Å². The summed E-state index contributed by atoms with van der Waals surface area (Å²) in [6.07, 6.45) is 0.805. The summed E-state index contributed by atoms with van der Waals surface area (Å²) >= 11 is 0. The molecule has 4 nitrogen and oxygen atoms in total. The van der Waals surface area contributed by atoms with Crippen molar-refractivity contribution in [2.45, 2.75) is 31.9 Å². The van der Waals surface area contributed by atoms with Gasteiger partial charge < -0.3 is 9.47 Å². The van der Waals surface area contributed by atoms with E-state index in [0.717, 1.165) is 18.5 Å². The standard InChI is InChI=1S/C22H27NO3/c1-17-14-22(18(2)23(3)15-17,19-10-6-4-7-11-19)26-21(24)16-25-20-12-8-5-9-13-20/h4-13,17-18H,14-16H2,1-3H3. The third-order valence-corrected chi connectivity index (χ3v) is 5.25. The van der Waals surface area contributed by atoms with Gasteiger partial charge >= 0.3 is 5.97 Å². The molecule has 0 N–H and O–H groups in total. The van der Waals surface area contributed by atoms with Gasteiger partial charge in [-0.1, -0.05) is 55.5 Å². The molecule has 4 heteroatoms. The van der Waals surface area contributed by atoms with Gasteiger partial charge in [-0.15, -0.1) is 0 Å². The monoisotopic (exact) mass is 353 g/mol. The fourth-order valence-corrected chi connectivity index (χ4v) is 3.92. The molecule has 0 amide bonds. The van der Waals surface area contributed by atoms with Crippen molar-refractivity contribution < 1.29 is 14.3 Å². The molecule has 2 aromatic carbocycles. The molecule has 1 aliphatic rings. The van der Waals surface area contributed by atoms with Crippen LogP contribution < -0.4 is 4.74 Å². The largest absolute Gasteiger partial charge is 0.482 e. The Morgan fingerprint density at radius 3 is 2.35 bits per heavy atom. The normalized spacial score (nSPS) is 26.3. The highest BCUT2D eigenvalue weighted by atomic mass is 16.6. The molecular weight excluding hydrogens is 326 g/mol. The molecule has 3 rings (SSSR count). The fraction of sp³-hybridized carbons (Fsp3) is 0.409. The van der Waals surface area contributed by atoms with Gasteiger partial charge in [-0.3, -0.25) is 4.90 Å². The van der Waals surface area contributed by atoms with E-state index in [9.17, 15) is 4.79 Å². The number of nitrogens with zero attached hydrogens (tertiary/aromatic N) is 1. The summed E-state index contributed by atoms with van der Waals surface area (Å²) in [6, 6.07) is 19.5. The van der Waals surface area contributed by atoms with E-state index >= 15 is 0 Å². The van der Waals surface area contributed by atoms with Crippen LogP contribution in [0.15, 0.2) is 60.7 Å². The quantitative estimate of drug-likeness (QED) is 0.765. The first-order chi connectivity index (χ1) is 12.5. The average Bonchev–Trinajstić information content (AvgIpc) is 2.65. The Bertz CT molecular complexity index is 719. The summed E-state index contributed by atoms with van der Waals surface area (Å²) in [5.41, 5.74) is 0.379. The molecule has 26 heavy (non-hydrogen) atoms. The van der Waals surface area contributed by atoms with Crippen LogP contribution in [0, 0.1) is 5.92 Å². The molecule has 3 unspecified atom stereocenters. The van der Waals surface area contributed by atoms with Crippen LogP contribution in [-0.4, -0.2) is 37.1 Å². The van der Waals surface area contributed by atoms with E-state index in [1.807, 2.05) is 60.7 Å². The zero-order valence-corrected chi connectivity index (χ0v) is 15.7. The molecule has 1 heterocycles. The second kappa shape index (κ2) is 7.92. The number of rotatable bonds is 5. The second-order valence-electron chi connectivity index (χ2n) is 7.26. The highest BCUT2D eigenvalue weighted by Gasteiger charge is 2.48. The Morgan fingerprint density at radius 2 is 1.69 bits per heavy atom. The minimum Gasteiger partial charge on any atom is -0.482 e. The number of esters is 1. The third kappa shape index (κ3) is 3.91. The van der Waals surface area contributed by atoms with Crippen molar-refractivity contribution in [3.05, 3.63) is 66.2 Å². The predicted octanol–water partition coefficient (Wildman–Crippen LogP) is 3.86. The lowest BCUT2D eigenvalue weighted by atomic mass is 9.76. The zero-order valence-electron chi connectivity index (χ0n) is 15.7. The highest BCUT2D eigenvalue weighted by molar-refractivity contribution is 5.72. The second-order valence-corrected chi connectivity index (χ2v) is 7.26. The van der Waals surface area contributed by atoms with Crippen LogP contribution in [0.2, 0.25) is 0 Å². The molecule has 1 saturated heterocycles. The van der Waals surface area contributed by atoms with Crippen molar-refractivity contribution >= 4 is 5.97 Å². The lowest BCUT2D eigenvalue weighted by molar-refractivity contribution is -0.180. The fourth-order valence-electron chi connectivity index (χ4n) is 3.92. The summed E-state index contributed by atoms with van der Waals surface area (Å²) in [5.74, 6) is 0.756. The van der Waals surface area contributed by atoms with Gasteiger partial charge in [0.2, 0.25) is 0 Å². The Balaban J connectivity index is 1.81. The summed E-state index contributed by atoms with van der Waals surface area (Å²) < 4.78 is 11.7. The van der Waals surface area contributed by atoms with Gasteiger partial charge in [0.25, 0.3) is 0 Å². The van der Waals surface area contributed by atoms with Gasteiger partial charge in [-0.2, -0.15) is 0 Å². The molecule has 3 atom stereocenters. The number of piperidine rings is 1. The van der Waals surface area contributed by atoms with E-state index in [1.54, 1.807) is 0 Å². The van der Waals surface area contributed by atoms with Crippen LogP contribution in [0.25, 0.3) is 0 Å². The molecule has 0 bridgehead atoms. The smallest absolute Gasteiger partial charge is 0.345 e. The lowest BCUT2D eigenvalue weighted by Crippen LogP contribution is -2.56. The molecular formula is C22H27NO3. The van der Waals surface area contributed by atoms with Gasteiger partial charge in [-0.25, -0.2) is 4.79 Å². The number of benzene rings is 2. The average molecular weight is 353 g/mol. The number of para-hydroxylation sites is 1. The Hall–Kier alpha value is -2.33. The minimum atomic E-state index is -0.662. The van der Waals surface area contributed by atoms with E-state index in [0.29, 0.717) is 11.7 Å². The summed E-state index contributed by atoms with van der Waals surface area (Å²) in [5, 5.41) is 0. The Kier molecular flexibility index (Phi) is 5.62. The van der Waals surface area contributed by atoms with Gasteiger partial charge in [0.1, 0.15) is 5.75 Å². The number of carbonyl (C=O) groups excluding carboxylic acids is 1. The van der Waals surface area contributed by atoms with Crippen LogP contribution in [0.5, 0.6) is 5.75 Å². The van der Waals surface area contributed by atoms with E-state index in [1.165, 1.54) is 0 Å². The summed E-state index contributed by atoms with van der Waals surface area (Å²) in [7, 11) is 2.09. The van der Waals surface area contributed by atoms with Gasteiger partial charge in [-0.05, 0) is 44.0 Å².